The van der Waals surface area contributed by atoms with Crippen molar-refractivity contribution < 1.29 is 18.3 Å². The molecule has 1 aromatic heterocycles. The van der Waals surface area contributed by atoms with Gasteiger partial charge in [0.2, 0.25) is 10.0 Å². The Bertz CT molecular complexity index is 523. The van der Waals surface area contributed by atoms with Crippen LogP contribution in [0.1, 0.15) is 6.42 Å². The molecule has 0 aliphatic rings. The van der Waals surface area contributed by atoms with Gasteiger partial charge in [0, 0.05) is 12.7 Å². The van der Waals surface area contributed by atoms with Crippen LogP contribution in [0.25, 0.3) is 0 Å². The molecule has 0 bridgehead atoms. The van der Waals surface area contributed by atoms with Crippen molar-refractivity contribution >= 4 is 16.0 Å². The molecule has 19 heavy (non-hydrogen) atoms. The van der Waals surface area contributed by atoms with Crippen molar-refractivity contribution in [3.05, 3.63) is 12.4 Å². The van der Waals surface area contributed by atoms with E-state index in [2.05, 4.69) is 9.82 Å². The van der Waals surface area contributed by atoms with Crippen LogP contribution in [0, 0.1) is 0 Å². The van der Waals surface area contributed by atoms with Crippen LogP contribution in [-0.4, -0.2) is 61.4 Å². The van der Waals surface area contributed by atoms with E-state index < -0.39 is 16.0 Å². The molecule has 0 aromatic carbocycles. The highest BCUT2D eigenvalue weighted by molar-refractivity contribution is 7.89. The first-order valence-corrected chi connectivity index (χ1v) is 7.18. The van der Waals surface area contributed by atoms with Gasteiger partial charge in [-0.25, -0.2) is 13.1 Å². The number of carboxylic acids is 1. The van der Waals surface area contributed by atoms with E-state index in [9.17, 15) is 13.2 Å². The minimum atomic E-state index is -3.62. The fraction of sp³-hybridized carbons (Fsp3) is 0.600. The normalized spacial score (nSPS) is 11.9. The van der Waals surface area contributed by atoms with Gasteiger partial charge in [0.25, 0.3) is 0 Å². The van der Waals surface area contributed by atoms with E-state index in [4.69, 9.17) is 5.11 Å². The molecule has 2 N–H and O–H groups in total. The highest BCUT2D eigenvalue weighted by Crippen LogP contribution is 2.06. The van der Waals surface area contributed by atoms with E-state index in [0.717, 1.165) is 17.4 Å². The third-order valence-corrected chi connectivity index (χ3v) is 3.71. The number of aromatic nitrogens is 2. The Morgan fingerprint density at radius 1 is 1.53 bits per heavy atom. The van der Waals surface area contributed by atoms with Gasteiger partial charge in [-0.3, -0.25) is 9.48 Å². The fourth-order valence-corrected chi connectivity index (χ4v) is 2.42. The first-order chi connectivity index (χ1) is 8.81. The van der Waals surface area contributed by atoms with Crippen molar-refractivity contribution in [2.45, 2.75) is 17.9 Å². The van der Waals surface area contributed by atoms with E-state index >= 15 is 0 Å². The molecule has 0 unspecified atom stereocenters. The summed E-state index contributed by atoms with van der Waals surface area (Å²) < 4.78 is 27.2. The minimum absolute atomic E-state index is 0.0291. The second-order valence-electron chi connectivity index (χ2n) is 4.32. The van der Waals surface area contributed by atoms with E-state index in [1.165, 1.54) is 6.20 Å². The number of sulfonamides is 1. The van der Waals surface area contributed by atoms with E-state index in [1.807, 2.05) is 19.0 Å². The summed E-state index contributed by atoms with van der Waals surface area (Å²) >= 11 is 0. The van der Waals surface area contributed by atoms with Gasteiger partial charge in [-0.05, 0) is 27.1 Å². The summed E-state index contributed by atoms with van der Waals surface area (Å²) in [6.45, 7) is 0.738. The summed E-state index contributed by atoms with van der Waals surface area (Å²) in [4.78, 5) is 12.4. The molecule has 0 fully saturated rings. The number of carboxylic acid groups (broad SMARTS) is 1. The highest BCUT2D eigenvalue weighted by atomic mass is 32.2. The number of nitrogens with one attached hydrogen (secondary N) is 1. The molecular formula is C10H18N4O4S. The van der Waals surface area contributed by atoms with Crippen molar-refractivity contribution in [3.8, 4) is 0 Å². The highest BCUT2D eigenvalue weighted by Gasteiger charge is 2.16. The maximum absolute atomic E-state index is 11.9. The molecule has 0 spiro atoms. The maximum Gasteiger partial charge on any atom is 0.325 e. The molecule has 1 rings (SSSR count). The Labute approximate surface area is 112 Å². The largest absolute Gasteiger partial charge is 0.480 e. The van der Waals surface area contributed by atoms with E-state index in [-0.39, 0.29) is 11.4 Å². The predicted octanol–water partition coefficient (Wildman–Crippen LogP) is -0.802. The monoisotopic (exact) mass is 290 g/mol. The molecule has 1 aromatic rings. The quantitative estimate of drug-likeness (QED) is 0.607. The Balaban J connectivity index is 2.57. The standard InChI is InChI=1S/C10H18N4O4S/c1-13(2)5-3-4-12-19(17,18)9-6-11-14(7-9)8-10(15)16/h6-7,12H,3-5,8H2,1-2H3,(H,15,16). The molecule has 1 heterocycles. The zero-order valence-electron chi connectivity index (χ0n) is 10.9. The van der Waals surface area contributed by atoms with E-state index in [0.29, 0.717) is 13.0 Å². The third-order valence-electron chi connectivity index (χ3n) is 2.29. The lowest BCUT2D eigenvalue weighted by atomic mass is 10.4. The van der Waals surface area contributed by atoms with Gasteiger partial charge < -0.3 is 10.0 Å². The van der Waals surface area contributed by atoms with Gasteiger partial charge in [-0.1, -0.05) is 0 Å². The Hall–Kier alpha value is -1.45. The Morgan fingerprint density at radius 2 is 2.21 bits per heavy atom. The summed E-state index contributed by atoms with van der Waals surface area (Å²) in [6, 6.07) is 0. The first kappa shape index (κ1) is 15.6. The number of hydrogen-bond donors (Lipinski definition) is 2. The molecule has 0 radical (unpaired) electrons. The van der Waals surface area contributed by atoms with Crippen LogP contribution in [0.4, 0.5) is 0 Å². The molecule has 0 saturated heterocycles. The fourth-order valence-electron chi connectivity index (χ4n) is 1.39. The SMILES string of the molecule is CN(C)CCCNS(=O)(=O)c1cnn(CC(=O)O)c1. The van der Waals surface area contributed by atoms with Crippen molar-refractivity contribution in [2.75, 3.05) is 27.2 Å². The van der Waals surface area contributed by atoms with Crippen molar-refractivity contribution in [1.82, 2.24) is 19.4 Å². The Kier molecular flexibility index (Phi) is 5.45. The van der Waals surface area contributed by atoms with Crippen LogP contribution in [0.5, 0.6) is 0 Å². The zero-order valence-corrected chi connectivity index (χ0v) is 11.7. The number of carbonyl (C=O) groups is 1. The number of aliphatic carboxylic acids is 1. The van der Waals surface area contributed by atoms with Crippen LogP contribution >= 0.6 is 0 Å². The molecule has 0 aliphatic carbocycles. The summed E-state index contributed by atoms with van der Waals surface area (Å²) in [5, 5.41) is 12.3. The topological polar surface area (TPSA) is 105 Å². The maximum atomic E-state index is 11.9. The minimum Gasteiger partial charge on any atom is -0.480 e. The van der Waals surface area contributed by atoms with Crippen LogP contribution in [0.15, 0.2) is 17.3 Å². The van der Waals surface area contributed by atoms with Crippen molar-refractivity contribution in [3.63, 3.8) is 0 Å². The third kappa shape index (κ3) is 5.37. The second-order valence-corrected chi connectivity index (χ2v) is 6.09. The van der Waals surface area contributed by atoms with Gasteiger partial charge >= 0.3 is 5.97 Å². The van der Waals surface area contributed by atoms with Crippen molar-refractivity contribution in [2.24, 2.45) is 0 Å². The summed E-state index contributed by atoms with van der Waals surface area (Å²) in [5.41, 5.74) is 0. The average molecular weight is 290 g/mol. The predicted molar refractivity (Wildman–Crippen MR) is 68.2 cm³/mol. The summed E-state index contributed by atoms with van der Waals surface area (Å²) in [7, 11) is 0.196. The molecule has 0 atom stereocenters. The molecule has 0 aliphatic heterocycles. The molecule has 9 heteroatoms. The zero-order chi connectivity index (χ0) is 14.5. The van der Waals surface area contributed by atoms with Crippen LogP contribution < -0.4 is 4.72 Å². The van der Waals surface area contributed by atoms with Crippen LogP contribution in [0.3, 0.4) is 0 Å². The van der Waals surface area contributed by atoms with Gasteiger partial charge in [-0.15, -0.1) is 0 Å². The van der Waals surface area contributed by atoms with Crippen molar-refractivity contribution in [1.29, 1.82) is 0 Å². The van der Waals surface area contributed by atoms with E-state index in [1.54, 1.807) is 0 Å². The van der Waals surface area contributed by atoms with Crippen LogP contribution in [0.2, 0.25) is 0 Å². The second kappa shape index (κ2) is 6.64. The smallest absolute Gasteiger partial charge is 0.325 e. The molecule has 0 amide bonds. The Morgan fingerprint density at radius 3 is 2.79 bits per heavy atom. The summed E-state index contributed by atoms with van der Waals surface area (Å²) in [6.07, 6.45) is 3.02. The number of nitrogens with zero attached hydrogens (tertiary/aromatic N) is 3. The lowest BCUT2D eigenvalue weighted by Gasteiger charge is -2.09. The lowest BCUT2D eigenvalue weighted by molar-refractivity contribution is -0.137. The van der Waals surface area contributed by atoms with Gasteiger partial charge in [0.15, 0.2) is 0 Å². The van der Waals surface area contributed by atoms with Gasteiger partial charge in [0.1, 0.15) is 11.4 Å². The van der Waals surface area contributed by atoms with Crippen LogP contribution in [-0.2, 0) is 21.4 Å². The number of rotatable bonds is 8. The van der Waals surface area contributed by atoms with Gasteiger partial charge in [0.05, 0.1) is 6.20 Å². The summed E-state index contributed by atoms with van der Waals surface area (Å²) in [5.74, 6) is -1.08. The molecule has 0 saturated carbocycles. The molecular weight excluding hydrogens is 272 g/mol. The molecule has 8 nitrogen and oxygen atoms in total. The molecule has 108 valence electrons. The lowest BCUT2D eigenvalue weighted by Crippen LogP contribution is -2.27. The van der Waals surface area contributed by atoms with Gasteiger partial charge in [-0.2, -0.15) is 5.10 Å². The average Bonchev–Trinajstić information content (AvgIpc) is 2.72. The number of hydrogen-bond acceptors (Lipinski definition) is 5. The first-order valence-electron chi connectivity index (χ1n) is 5.70.